The van der Waals surface area contributed by atoms with Crippen molar-refractivity contribution in [1.29, 1.82) is 0 Å². The van der Waals surface area contributed by atoms with Crippen LogP contribution in [-0.2, 0) is 4.79 Å². The van der Waals surface area contributed by atoms with Gasteiger partial charge in [0.1, 0.15) is 0 Å². The van der Waals surface area contributed by atoms with Crippen molar-refractivity contribution in [2.24, 2.45) is 5.73 Å². The molecular weight excluding hydrogens is 194 g/mol. The smallest absolute Gasteiger partial charge is 0.305 e. The second-order valence-electron chi connectivity index (χ2n) is 2.19. The molecule has 0 spiro atoms. The summed E-state index contributed by atoms with van der Waals surface area (Å²) in [5, 5.41) is 10.0. The Balaban J connectivity index is 2.36. The van der Waals surface area contributed by atoms with E-state index in [4.69, 9.17) is 10.8 Å². The SMILES string of the molecule is NC(CC(=O)O)Sc1cccs1. The minimum absolute atomic E-state index is 0.00255. The van der Waals surface area contributed by atoms with Crippen LogP contribution in [0.15, 0.2) is 21.7 Å². The highest BCUT2D eigenvalue weighted by Crippen LogP contribution is 2.26. The molecule has 0 aliphatic rings. The maximum Gasteiger partial charge on any atom is 0.305 e. The van der Waals surface area contributed by atoms with Crippen LogP contribution in [-0.4, -0.2) is 16.4 Å². The Kier molecular flexibility index (Phi) is 3.58. The highest BCUT2D eigenvalue weighted by atomic mass is 32.2. The number of aliphatic carboxylic acids is 1. The molecule has 0 saturated heterocycles. The van der Waals surface area contributed by atoms with Crippen LogP contribution in [0.25, 0.3) is 0 Å². The third kappa shape index (κ3) is 3.25. The van der Waals surface area contributed by atoms with Gasteiger partial charge in [0.25, 0.3) is 0 Å². The maximum absolute atomic E-state index is 10.2. The summed E-state index contributed by atoms with van der Waals surface area (Å²) in [6.45, 7) is 0. The van der Waals surface area contributed by atoms with E-state index in [0.717, 1.165) is 4.21 Å². The lowest BCUT2D eigenvalue weighted by molar-refractivity contribution is -0.136. The van der Waals surface area contributed by atoms with Crippen LogP contribution >= 0.6 is 23.1 Å². The molecule has 1 heterocycles. The molecule has 1 aromatic heterocycles. The molecule has 1 unspecified atom stereocenters. The number of rotatable bonds is 4. The first-order valence-electron chi connectivity index (χ1n) is 3.36. The average molecular weight is 203 g/mol. The van der Waals surface area contributed by atoms with Crippen LogP contribution in [0, 0.1) is 0 Å². The topological polar surface area (TPSA) is 63.3 Å². The lowest BCUT2D eigenvalue weighted by Crippen LogP contribution is -2.19. The summed E-state index contributed by atoms with van der Waals surface area (Å²) < 4.78 is 1.06. The van der Waals surface area contributed by atoms with E-state index in [9.17, 15) is 4.79 Å². The Labute approximate surface area is 78.6 Å². The van der Waals surface area contributed by atoms with Crippen molar-refractivity contribution in [1.82, 2.24) is 0 Å². The predicted molar refractivity (Wildman–Crippen MR) is 50.4 cm³/mol. The molecule has 12 heavy (non-hydrogen) atoms. The second-order valence-corrected chi connectivity index (χ2v) is 4.67. The van der Waals surface area contributed by atoms with Crippen molar-refractivity contribution in [2.45, 2.75) is 16.0 Å². The van der Waals surface area contributed by atoms with Gasteiger partial charge in [-0.2, -0.15) is 0 Å². The third-order valence-corrected chi connectivity index (χ3v) is 3.22. The van der Waals surface area contributed by atoms with Gasteiger partial charge < -0.3 is 10.8 Å². The zero-order chi connectivity index (χ0) is 8.97. The van der Waals surface area contributed by atoms with E-state index in [-0.39, 0.29) is 11.8 Å². The molecule has 5 heteroatoms. The van der Waals surface area contributed by atoms with Crippen LogP contribution in [0.2, 0.25) is 0 Å². The van der Waals surface area contributed by atoms with Crippen molar-refractivity contribution in [3.8, 4) is 0 Å². The van der Waals surface area contributed by atoms with Gasteiger partial charge in [0.05, 0.1) is 16.0 Å². The number of thiophene rings is 1. The molecule has 0 aliphatic heterocycles. The van der Waals surface area contributed by atoms with E-state index in [0.29, 0.717) is 0 Å². The summed E-state index contributed by atoms with van der Waals surface area (Å²) in [5.74, 6) is -0.855. The van der Waals surface area contributed by atoms with Crippen LogP contribution in [0.5, 0.6) is 0 Å². The first-order chi connectivity index (χ1) is 5.68. The molecule has 66 valence electrons. The van der Waals surface area contributed by atoms with Crippen molar-refractivity contribution in [2.75, 3.05) is 0 Å². The van der Waals surface area contributed by atoms with Crippen LogP contribution in [0.1, 0.15) is 6.42 Å². The first-order valence-corrected chi connectivity index (χ1v) is 5.12. The standard InChI is InChI=1S/C7H9NO2S2/c8-5(4-6(9)10)12-7-2-1-3-11-7/h1-3,5H,4,8H2,(H,9,10). The molecule has 0 aliphatic carbocycles. The molecule has 0 aromatic carbocycles. The van der Waals surface area contributed by atoms with Gasteiger partial charge in [-0.15, -0.1) is 11.3 Å². The summed E-state index contributed by atoms with van der Waals surface area (Å²) in [5.41, 5.74) is 5.55. The number of carbonyl (C=O) groups is 1. The van der Waals surface area contributed by atoms with Crippen molar-refractivity contribution in [3.05, 3.63) is 17.5 Å². The number of nitrogens with two attached hydrogens (primary N) is 1. The van der Waals surface area contributed by atoms with Gasteiger partial charge in [0, 0.05) is 0 Å². The lowest BCUT2D eigenvalue weighted by atomic mass is 10.4. The van der Waals surface area contributed by atoms with E-state index in [2.05, 4.69) is 0 Å². The largest absolute Gasteiger partial charge is 0.481 e. The fourth-order valence-electron chi connectivity index (χ4n) is 0.694. The molecule has 0 amide bonds. The monoisotopic (exact) mass is 203 g/mol. The van der Waals surface area contributed by atoms with Gasteiger partial charge in [-0.3, -0.25) is 4.79 Å². The lowest BCUT2D eigenvalue weighted by Gasteiger charge is -2.05. The number of thioether (sulfide) groups is 1. The van der Waals surface area contributed by atoms with E-state index in [1.165, 1.54) is 11.8 Å². The quantitative estimate of drug-likeness (QED) is 0.576. The fraction of sp³-hybridized carbons (Fsp3) is 0.286. The second kappa shape index (κ2) is 4.49. The predicted octanol–water partition coefficient (Wildman–Crippen LogP) is 1.60. The summed E-state index contributed by atoms with van der Waals surface area (Å²) in [6, 6.07) is 3.84. The van der Waals surface area contributed by atoms with Crippen molar-refractivity contribution in [3.63, 3.8) is 0 Å². The van der Waals surface area contributed by atoms with E-state index in [1.807, 2.05) is 17.5 Å². The van der Waals surface area contributed by atoms with Gasteiger partial charge in [-0.05, 0) is 11.4 Å². The zero-order valence-electron chi connectivity index (χ0n) is 6.27. The van der Waals surface area contributed by atoms with Gasteiger partial charge in [0.2, 0.25) is 0 Å². The number of hydrogen-bond donors (Lipinski definition) is 2. The van der Waals surface area contributed by atoms with Crippen LogP contribution in [0.3, 0.4) is 0 Å². The average Bonchev–Trinajstić information content (AvgIpc) is 2.37. The normalized spacial score (nSPS) is 12.8. The molecule has 1 atom stereocenters. The van der Waals surface area contributed by atoms with Gasteiger partial charge >= 0.3 is 5.97 Å². The van der Waals surface area contributed by atoms with Crippen molar-refractivity contribution >= 4 is 29.1 Å². The van der Waals surface area contributed by atoms with Crippen LogP contribution < -0.4 is 5.73 Å². The van der Waals surface area contributed by atoms with E-state index in [1.54, 1.807) is 11.3 Å². The molecule has 1 rings (SSSR count). The number of carboxylic acid groups (broad SMARTS) is 1. The van der Waals surface area contributed by atoms with Crippen LogP contribution in [0.4, 0.5) is 0 Å². The summed E-state index contributed by atoms with van der Waals surface area (Å²) in [7, 11) is 0. The minimum Gasteiger partial charge on any atom is -0.481 e. The summed E-state index contributed by atoms with van der Waals surface area (Å²) >= 11 is 2.96. The molecule has 1 aromatic rings. The molecule has 0 saturated carbocycles. The maximum atomic E-state index is 10.2. The zero-order valence-corrected chi connectivity index (χ0v) is 7.90. The molecule has 3 nitrogen and oxygen atoms in total. The minimum atomic E-state index is -0.855. The highest BCUT2D eigenvalue weighted by Gasteiger charge is 2.09. The molecule has 0 fully saturated rings. The Hall–Kier alpha value is -0.520. The Morgan fingerprint density at radius 2 is 2.58 bits per heavy atom. The summed E-state index contributed by atoms with van der Waals surface area (Å²) in [6.07, 6.45) is 0.00255. The Morgan fingerprint density at radius 3 is 3.08 bits per heavy atom. The highest BCUT2D eigenvalue weighted by molar-refractivity contribution is 8.01. The molecule has 0 radical (unpaired) electrons. The fourth-order valence-corrected chi connectivity index (χ4v) is 2.58. The summed E-state index contributed by atoms with van der Waals surface area (Å²) in [4.78, 5) is 10.2. The molecule has 0 bridgehead atoms. The Morgan fingerprint density at radius 1 is 1.83 bits per heavy atom. The number of hydrogen-bond acceptors (Lipinski definition) is 4. The van der Waals surface area contributed by atoms with Crippen molar-refractivity contribution < 1.29 is 9.90 Å². The third-order valence-electron chi connectivity index (χ3n) is 1.14. The van der Waals surface area contributed by atoms with E-state index >= 15 is 0 Å². The number of carboxylic acids is 1. The van der Waals surface area contributed by atoms with Gasteiger partial charge in [-0.25, -0.2) is 0 Å². The Bertz CT molecular complexity index is 248. The van der Waals surface area contributed by atoms with Gasteiger partial charge in [0.15, 0.2) is 0 Å². The molecule has 3 N–H and O–H groups in total. The first kappa shape index (κ1) is 9.57. The van der Waals surface area contributed by atoms with E-state index < -0.39 is 5.97 Å². The molecular formula is C7H9NO2S2. The van der Waals surface area contributed by atoms with Gasteiger partial charge in [-0.1, -0.05) is 17.8 Å².